The van der Waals surface area contributed by atoms with Crippen molar-refractivity contribution in [2.75, 3.05) is 32.1 Å². The molecule has 1 aliphatic heterocycles. The van der Waals surface area contributed by atoms with Crippen molar-refractivity contribution < 1.29 is 27.1 Å². The molecule has 218 valence electrons. The van der Waals surface area contributed by atoms with Gasteiger partial charge in [-0.25, -0.2) is 12.8 Å². The quantitative estimate of drug-likeness (QED) is 0.218. The Hall–Kier alpha value is -4.11. The molecule has 1 aromatic heterocycles. The molecular formula is C28H27FN6O5S2. The zero-order valence-corrected chi connectivity index (χ0v) is 23.9. The number of hydrogen-bond donors (Lipinski definition) is 2. The Kier molecular flexibility index (Phi) is 9.27. The molecule has 0 spiro atoms. The molecule has 11 nitrogen and oxygen atoms in total. The van der Waals surface area contributed by atoms with E-state index in [0.29, 0.717) is 35.3 Å². The molecule has 0 atom stereocenters. The summed E-state index contributed by atoms with van der Waals surface area (Å²) >= 11 is 1.08. The summed E-state index contributed by atoms with van der Waals surface area (Å²) in [6.07, 6.45) is 0. The van der Waals surface area contributed by atoms with E-state index in [4.69, 9.17) is 4.74 Å². The average Bonchev–Trinajstić information content (AvgIpc) is 3.43. The number of rotatable bonds is 9. The first kappa shape index (κ1) is 29.4. The molecular weight excluding hydrogens is 583 g/mol. The molecule has 0 aliphatic carbocycles. The van der Waals surface area contributed by atoms with Gasteiger partial charge in [-0.15, -0.1) is 10.2 Å². The summed E-state index contributed by atoms with van der Waals surface area (Å²) in [5.41, 5.74) is 6.40. The fourth-order valence-corrected chi connectivity index (χ4v) is 6.40. The highest BCUT2D eigenvalue weighted by molar-refractivity contribution is 7.99. The van der Waals surface area contributed by atoms with Crippen molar-refractivity contribution in [3.05, 3.63) is 95.8 Å². The van der Waals surface area contributed by atoms with Crippen LogP contribution in [-0.4, -0.2) is 71.4 Å². The Morgan fingerprint density at radius 1 is 0.929 bits per heavy atom. The van der Waals surface area contributed by atoms with E-state index in [2.05, 4.69) is 21.0 Å². The fourth-order valence-electron chi connectivity index (χ4n) is 4.21. The molecule has 14 heteroatoms. The first-order valence-corrected chi connectivity index (χ1v) is 15.4. The number of benzene rings is 3. The van der Waals surface area contributed by atoms with Gasteiger partial charge in [0, 0.05) is 24.2 Å². The average molecular weight is 611 g/mol. The maximum atomic E-state index is 13.6. The molecule has 5 rings (SSSR count). The van der Waals surface area contributed by atoms with E-state index in [9.17, 15) is 22.4 Å². The SMILES string of the molecule is O=C(CSc1nnc(-c2cccc(S(=O)(=O)N3CCOCC3)c2)n1Cc1ccc(F)cc1)NNC(=O)c1ccccc1. The molecule has 1 fully saturated rings. The number of ether oxygens (including phenoxy) is 1. The van der Waals surface area contributed by atoms with Gasteiger partial charge in [0.15, 0.2) is 11.0 Å². The van der Waals surface area contributed by atoms with Crippen molar-refractivity contribution in [1.29, 1.82) is 0 Å². The van der Waals surface area contributed by atoms with Crippen molar-refractivity contribution in [1.82, 2.24) is 29.9 Å². The number of aromatic nitrogens is 3. The van der Waals surface area contributed by atoms with Gasteiger partial charge >= 0.3 is 0 Å². The predicted octanol–water partition coefficient (Wildman–Crippen LogP) is 2.71. The number of thioether (sulfide) groups is 1. The minimum atomic E-state index is -3.76. The van der Waals surface area contributed by atoms with Crippen LogP contribution in [0.4, 0.5) is 4.39 Å². The van der Waals surface area contributed by atoms with E-state index in [-0.39, 0.29) is 36.1 Å². The largest absolute Gasteiger partial charge is 0.379 e. The van der Waals surface area contributed by atoms with Crippen LogP contribution >= 0.6 is 11.8 Å². The Labute approximate surface area is 246 Å². The van der Waals surface area contributed by atoms with Gasteiger partial charge in [0.25, 0.3) is 5.91 Å². The zero-order valence-electron chi connectivity index (χ0n) is 22.3. The molecule has 2 N–H and O–H groups in total. The van der Waals surface area contributed by atoms with Gasteiger partial charge in [-0.2, -0.15) is 4.31 Å². The second-order valence-corrected chi connectivity index (χ2v) is 12.1. The van der Waals surface area contributed by atoms with Gasteiger partial charge in [0.2, 0.25) is 15.9 Å². The number of halogens is 1. The van der Waals surface area contributed by atoms with Crippen LogP contribution in [0.25, 0.3) is 11.4 Å². The third kappa shape index (κ3) is 7.02. The standard InChI is InChI=1S/C28H27FN6O5S2/c29-23-11-9-20(10-12-23)18-35-26(22-7-4-8-24(17-22)42(38,39)34-13-15-40-16-14-34)31-33-28(35)41-19-25(36)30-32-27(37)21-5-2-1-3-6-21/h1-12,17H,13-16,18-19H2,(H,30,36)(H,32,37). The van der Waals surface area contributed by atoms with Crippen LogP contribution < -0.4 is 10.9 Å². The normalized spacial score (nSPS) is 13.9. The molecule has 1 aliphatic rings. The summed E-state index contributed by atoms with van der Waals surface area (Å²) in [7, 11) is -3.76. The van der Waals surface area contributed by atoms with Crippen LogP contribution in [0, 0.1) is 5.82 Å². The topological polar surface area (TPSA) is 136 Å². The van der Waals surface area contributed by atoms with Crippen LogP contribution in [0.1, 0.15) is 15.9 Å². The van der Waals surface area contributed by atoms with Crippen molar-refractivity contribution in [3.8, 4) is 11.4 Å². The number of hydrazine groups is 1. The van der Waals surface area contributed by atoms with Gasteiger partial charge in [-0.1, -0.05) is 54.2 Å². The smallest absolute Gasteiger partial charge is 0.269 e. The predicted molar refractivity (Wildman–Crippen MR) is 153 cm³/mol. The number of hydrogen-bond acceptors (Lipinski definition) is 8. The highest BCUT2D eigenvalue weighted by atomic mass is 32.2. The van der Waals surface area contributed by atoms with Gasteiger partial charge < -0.3 is 4.74 Å². The summed E-state index contributed by atoms with van der Waals surface area (Å²) in [5.74, 6) is -1.03. The van der Waals surface area contributed by atoms with Crippen LogP contribution in [0.3, 0.4) is 0 Å². The van der Waals surface area contributed by atoms with E-state index in [1.54, 1.807) is 59.2 Å². The summed E-state index contributed by atoms with van der Waals surface area (Å²) in [6.45, 7) is 1.42. The number of sulfonamides is 1. The van der Waals surface area contributed by atoms with Gasteiger partial charge in [0.1, 0.15) is 5.82 Å². The van der Waals surface area contributed by atoms with Crippen molar-refractivity contribution in [2.24, 2.45) is 0 Å². The molecule has 0 radical (unpaired) electrons. The van der Waals surface area contributed by atoms with Crippen LogP contribution in [0.2, 0.25) is 0 Å². The lowest BCUT2D eigenvalue weighted by Crippen LogP contribution is -2.42. The Morgan fingerprint density at radius 2 is 1.67 bits per heavy atom. The lowest BCUT2D eigenvalue weighted by molar-refractivity contribution is -0.119. The second kappa shape index (κ2) is 13.2. The molecule has 3 aromatic carbocycles. The number of carbonyl (C=O) groups is 2. The summed E-state index contributed by atoms with van der Waals surface area (Å²) in [6, 6.07) is 20.8. The number of morpholine rings is 1. The zero-order chi connectivity index (χ0) is 29.5. The van der Waals surface area contributed by atoms with Crippen LogP contribution in [-0.2, 0) is 26.1 Å². The highest BCUT2D eigenvalue weighted by Gasteiger charge is 2.27. The van der Waals surface area contributed by atoms with Crippen molar-refractivity contribution in [3.63, 3.8) is 0 Å². The number of nitrogens with zero attached hydrogens (tertiary/aromatic N) is 4. The summed E-state index contributed by atoms with van der Waals surface area (Å²) < 4.78 is 48.5. The number of amides is 2. The van der Waals surface area contributed by atoms with E-state index < -0.39 is 21.8 Å². The maximum Gasteiger partial charge on any atom is 0.269 e. The summed E-state index contributed by atoms with van der Waals surface area (Å²) in [4.78, 5) is 24.9. The Bertz CT molecular complexity index is 1660. The van der Waals surface area contributed by atoms with Crippen LogP contribution in [0.15, 0.2) is 88.9 Å². The molecule has 4 aromatic rings. The first-order chi connectivity index (χ1) is 20.3. The third-order valence-electron chi connectivity index (χ3n) is 6.35. The fraction of sp³-hybridized carbons (Fsp3) is 0.214. The van der Waals surface area contributed by atoms with Crippen LogP contribution in [0.5, 0.6) is 0 Å². The lowest BCUT2D eigenvalue weighted by atomic mass is 10.2. The number of carbonyl (C=O) groups excluding carboxylic acids is 2. The maximum absolute atomic E-state index is 13.6. The molecule has 2 heterocycles. The van der Waals surface area contributed by atoms with E-state index in [1.165, 1.54) is 28.6 Å². The van der Waals surface area contributed by atoms with Gasteiger partial charge in [-0.3, -0.25) is 25.0 Å². The van der Waals surface area contributed by atoms with E-state index >= 15 is 0 Å². The molecule has 2 amide bonds. The highest BCUT2D eigenvalue weighted by Crippen LogP contribution is 2.28. The molecule has 0 saturated carbocycles. The minimum Gasteiger partial charge on any atom is -0.379 e. The third-order valence-corrected chi connectivity index (χ3v) is 9.22. The van der Waals surface area contributed by atoms with Crippen molar-refractivity contribution >= 4 is 33.6 Å². The Morgan fingerprint density at radius 3 is 2.40 bits per heavy atom. The monoisotopic (exact) mass is 610 g/mol. The minimum absolute atomic E-state index is 0.0952. The molecule has 42 heavy (non-hydrogen) atoms. The van der Waals surface area contributed by atoms with Gasteiger partial charge in [0.05, 0.1) is 30.4 Å². The first-order valence-electron chi connectivity index (χ1n) is 12.9. The molecule has 0 unspecified atom stereocenters. The number of nitrogens with one attached hydrogen (secondary N) is 2. The Balaban J connectivity index is 1.36. The molecule has 1 saturated heterocycles. The molecule has 0 bridgehead atoms. The van der Waals surface area contributed by atoms with Crippen molar-refractivity contribution in [2.45, 2.75) is 16.6 Å². The van der Waals surface area contributed by atoms with E-state index in [0.717, 1.165) is 17.3 Å². The summed E-state index contributed by atoms with van der Waals surface area (Å²) in [5, 5.41) is 8.95. The van der Waals surface area contributed by atoms with E-state index in [1.807, 2.05) is 0 Å². The van der Waals surface area contributed by atoms with Gasteiger partial charge in [-0.05, 0) is 42.0 Å². The second-order valence-electron chi connectivity index (χ2n) is 9.22. The lowest BCUT2D eigenvalue weighted by Gasteiger charge is -2.26.